The Morgan fingerprint density at radius 2 is 1.81 bits per heavy atom. The summed E-state index contributed by atoms with van der Waals surface area (Å²) in [6.07, 6.45) is 8.70. The summed E-state index contributed by atoms with van der Waals surface area (Å²) in [6, 6.07) is 13.2. The third-order valence-electron chi connectivity index (χ3n) is 7.33. The summed E-state index contributed by atoms with van der Waals surface area (Å²) < 4.78 is 15.5. The first-order chi connectivity index (χ1) is 17.0. The number of allylic oxidation sites excluding steroid dienone is 1. The van der Waals surface area contributed by atoms with Crippen LogP contribution in [-0.4, -0.2) is 58.5 Å². The third kappa shape index (κ3) is 6.33. The fourth-order valence-electron chi connectivity index (χ4n) is 5.34. The lowest BCUT2D eigenvalue weighted by atomic mass is 9.91. The molecule has 0 amide bonds. The van der Waals surface area contributed by atoms with Crippen molar-refractivity contribution in [2.24, 2.45) is 5.92 Å². The molecule has 2 saturated heterocycles. The van der Waals surface area contributed by atoms with Crippen LogP contribution >= 0.6 is 12.4 Å². The predicted molar refractivity (Wildman–Crippen MR) is 143 cm³/mol. The number of halogens is 2. The van der Waals surface area contributed by atoms with Crippen molar-refractivity contribution in [1.82, 2.24) is 20.0 Å². The highest BCUT2D eigenvalue weighted by molar-refractivity contribution is 5.85. The minimum Gasteiger partial charge on any atom is -0.480 e. The number of hydrogen-bond donors (Lipinski definition) is 2. The van der Waals surface area contributed by atoms with Crippen molar-refractivity contribution >= 4 is 35.4 Å². The van der Waals surface area contributed by atoms with Gasteiger partial charge in [0, 0.05) is 11.3 Å². The van der Waals surface area contributed by atoms with Crippen molar-refractivity contribution in [3.8, 4) is 0 Å². The van der Waals surface area contributed by atoms with Crippen LogP contribution in [0, 0.1) is 11.7 Å². The average Bonchev–Trinajstić information content (AvgIpc) is 3.22. The van der Waals surface area contributed by atoms with Gasteiger partial charge in [0.05, 0.1) is 24.3 Å². The molecule has 0 bridgehead atoms. The van der Waals surface area contributed by atoms with Crippen LogP contribution in [0.1, 0.15) is 48.4 Å². The van der Waals surface area contributed by atoms with Gasteiger partial charge in [0.1, 0.15) is 5.82 Å². The minimum atomic E-state index is -0.775. The fourth-order valence-corrected chi connectivity index (χ4v) is 5.34. The van der Waals surface area contributed by atoms with Crippen molar-refractivity contribution in [3.05, 3.63) is 71.2 Å². The molecule has 36 heavy (non-hydrogen) atoms. The largest absolute Gasteiger partial charge is 0.480 e. The molecular weight excluding hydrogens is 479 g/mol. The van der Waals surface area contributed by atoms with E-state index in [9.17, 15) is 9.18 Å². The Kier molecular flexibility index (Phi) is 8.77. The zero-order valence-corrected chi connectivity index (χ0v) is 21.2. The van der Waals surface area contributed by atoms with Crippen LogP contribution in [0.5, 0.6) is 0 Å². The molecule has 192 valence electrons. The monoisotopic (exact) mass is 512 g/mol. The Labute approximate surface area is 217 Å². The van der Waals surface area contributed by atoms with E-state index in [0.717, 1.165) is 61.2 Å². The van der Waals surface area contributed by atoms with Crippen LogP contribution in [0.3, 0.4) is 0 Å². The van der Waals surface area contributed by atoms with E-state index >= 15 is 0 Å². The van der Waals surface area contributed by atoms with Gasteiger partial charge in [-0.3, -0.25) is 14.4 Å². The predicted octanol–water partition coefficient (Wildman–Crippen LogP) is 4.92. The van der Waals surface area contributed by atoms with Gasteiger partial charge in [-0.05, 0) is 87.1 Å². The highest BCUT2D eigenvalue weighted by Gasteiger charge is 2.26. The first-order valence-corrected chi connectivity index (χ1v) is 12.6. The van der Waals surface area contributed by atoms with Crippen LogP contribution in [0.15, 0.2) is 48.5 Å². The minimum absolute atomic E-state index is 0. The summed E-state index contributed by atoms with van der Waals surface area (Å²) in [5.74, 6) is -0.100. The van der Waals surface area contributed by atoms with Gasteiger partial charge < -0.3 is 10.4 Å². The van der Waals surface area contributed by atoms with E-state index in [0.29, 0.717) is 18.4 Å². The Bertz CT molecular complexity index is 1200. The summed E-state index contributed by atoms with van der Waals surface area (Å²) in [7, 11) is 0. The molecular formula is C28H34ClFN4O2. The van der Waals surface area contributed by atoms with Gasteiger partial charge in [0.2, 0.25) is 0 Å². The lowest BCUT2D eigenvalue weighted by molar-refractivity contribution is -0.138. The second-order valence-electron chi connectivity index (χ2n) is 9.84. The number of aliphatic carboxylic acids is 1. The van der Waals surface area contributed by atoms with E-state index in [1.807, 2.05) is 21.7 Å². The van der Waals surface area contributed by atoms with E-state index in [4.69, 9.17) is 10.2 Å². The molecule has 0 saturated carbocycles. The van der Waals surface area contributed by atoms with Gasteiger partial charge in [-0.15, -0.1) is 12.4 Å². The Morgan fingerprint density at radius 1 is 1.08 bits per heavy atom. The highest BCUT2D eigenvalue weighted by Crippen LogP contribution is 2.33. The summed E-state index contributed by atoms with van der Waals surface area (Å²) in [4.78, 5) is 13.1. The molecule has 5 rings (SSSR count). The van der Waals surface area contributed by atoms with E-state index in [1.54, 1.807) is 0 Å². The van der Waals surface area contributed by atoms with Crippen LogP contribution in [0.4, 0.5) is 4.39 Å². The fraction of sp³-hybridized carbons (Fsp3) is 0.429. The lowest BCUT2D eigenvalue weighted by Gasteiger charge is -2.30. The van der Waals surface area contributed by atoms with Gasteiger partial charge in [-0.2, -0.15) is 5.10 Å². The molecule has 0 atom stereocenters. The number of nitrogens with one attached hydrogen (secondary N) is 1. The number of piperidine rings is 2. The highest BCUT2D eigenvalue weighted by atomic mass is 35.5. The Hall–Kier alpha value is -2.74. The van der Waals surface area contributed by atoms with Gasteiger partial charge in [0.25, 0.3) is 0 Å². The van der Waals surface area contributed by atoms with Crippen LogP contribution in [-0.2, 0) is 11.3 Å². The molecule has 2 aromatic carbocycles. The smallest absolute Gasteiger partial charge is 0.317 e. The second kappa shape index (κ2) is 12.0. The number of likely N-dealkylation sites (tertiary alicyclic amines) is 1. The molecule has 2 aliphatic rings. The summed E-state index contributed by atoms with van der Waals surface area (Å²) in [5.41, 5.74) is 4.35. The van der Waals surface area contributed by atoms with Gasteiger partial charge in [-0.1, -0.05) is 36.4 Å². The number of nitrogens with zero attached hydrogens (tertiary/aromatic N) is 3. The first kappa shape index (κ1) is 26.3. The molecule has 3 aromatic rings. The maximum atomic E-state index is 13.5. The van der Waals surface area contributed by atoms with E-state index in [2.05, 4.69) is 35.7 Å². The van der Waals surface area contributed by atoms with Crippen molar-refractivity contribution in [3.63, 3.8) is 0 Å². The zero-order valence-electron chi connectivity index (χ0n) is 20.4. The maximum absolute atomic E-state index is 13.5. The average molecular weight is 513 g/mol. The molecule has 6 nitrogen and oxygen atoms in total. The molecule has 2 aliphatic heterocycles. The molecule has 0 radical (unpaired) electrons. The van der Waals surface area contributed by atoms with E-state index in [-0.39, 0.29) is 24.8 Å². The van der Waals surface area contributed by atoms with Gasteiger partial charge in [-0.25, -0.2) is 4.39 Å². The van der Waals surface area contributed by atoms with Crippen LogP contribution < -0.4 is 5.32 Å². The van der Waals surface area contributed by atoms with Crippen molar-refractivity contribution in [2.75, 3.05) is 32.7 Å². The normalized spacial score (nSPS) is 18.0. The third-order valence-corrected chi connectivity index (χ3v) is 7.33. The number of carboxylic acids is 1. The van der Waals surface area contributed by atoms with E-state index < -0.39 is 5.97 Å². The number of hydrogen-bond acceptors (Lipinski definition) is 4. The molecule has 0 unspecified atom stereocenters. The summed E-state index contributed by atoms with van der Waals surface area (Å²) in [6.45, 7) is 4.36. The van der Waals surface area contributed by atoms with Gasteiger partial charge in [0.15, 0.2) is 0 Å². The summed E-state index contributed by atoms with van der Waals surface area (Å²) in [5, 5.41) is 18.7. The number of fused-ring (bicyclic) bond motifs is 1. The Balaban J connectivity index is 0.00000304. The lowest BCUT2D eigenvalue weighted by Crippen LogP contribution is -2.36. The number of benzene rings is 2. The number of carbonyl (C=O) groups is 1. The molecule has 1 aromatic heterocycles. The number of rotatable bonds is 7. The quantitative estimate of drug-likeness (QED) is 0.470. The zero-order chi connectivity index (χ0) is 24.2. The Morgan fingerprint density at radius 3 is 2.50 bits per heavy atom. The molecule has 0 aliphatic carbocycles. The van der Waals surface area contributed by atoms with Crippen LogP contribution in [0.2, 0.25) is 0 Å². The molecule has 2 N–H and O–H groups in total. The SMILES string of the molecule is Cl.O=C(O)CN1CCC(c2nn(Cc3ccc(F)cc3)c3cc(/C=C/C4CCNCC4)ccc23)CC1. The number of aromatic nitrogens is 2. The molecule has 8 heteroatoms. The molecule has 2 fully saturated rings. The molecule has 0 spiro atoms. The maximum Gasteiger partial charge on any atom is 0.317 e. The van der Waals surface area contributed by atoms with Crippen LogP contribution in [0.25, 0.3) is 17.0 Å². The van der Waals surface area contributed by atoms with Crippen molar-refractivity contribution < 1.29 is 14.3 Å². The van der Waals surface area contributed by atoms with Crippen molar-refractivity contribution in [2.45, 2.75) is 38.1 Å². The molecule has 3 heterocycles. The first-order valence-electron chi connectivity index (χ1n) is 12.6. The van der Waals surface area contributed by atoms with Gasteiger partial charge >= 0.3 is 5.97 Å². The van der Waals surface area contributed by atoms with Crippen molar-refractivity contribution in [1.29, 1.82) is 0 Å². The topological polar surface area (TPSA) is 70.4 Å². The number of carboxylic acid groups (broad SMARTS) is 1. The standard InChI is InChI=1S/C28H33FN4O2.ClH/c29-24-6-3-22(4-7-24)18-33-26-17-21(2-1-20-9-13-30-14-10-20)5-8-25(26)28(31-33)23-11-15-32(16-12-23)19-27(34)35;/h1-8,17,20,23,30H,9-16,18-19H2,(H,34,35);1H/b2-1+;. The van der Waals surface area contributed by atoms with E-state index in [1.165, 1.54) is 30.5 Å². The summed E-state index contributed by atoms with van der Waals surface area (Å²) >= 11 is 0. The second-order valence-corrected chi connectivity index (χ2v) is 9.84.